The van der Waals surface area contributed by atoms with Gasteiger partial charge in [-0.05, 0) is 54.8 Å². The molecule has 0 aromatic heterocycles. The minimum Gasteiger partial charge on any atom is -0.481 e. The molecule has 0 aliphatic carbocycles. The highest BCUT2D eigenvalue weighted by Gasteiger charge is 2.71. The second kappa shape index (κ2) is 15.7. The van der Waals surface area contributed by atoms with Crippen molar-refractivity contribution >= 4 is 17.9 Å². The lowest BCUT2D eigenvalue weighted by Gasteiger charge is -2.53. The zero-order valence-electron chi connectivity index (χ0n) is 24.9. The number of rotatable bonds is 20. The van der Waals surface area contributed by atoms with E-state index in [9.17, 15) is 34.8 Å². The SMILES string of the molecule is CCC(CC)CC(C)C(C(=O)O)C(O)(C(=O)O)C(C(=O)O)(C(C)CC(CC)CC)C(C)CC(CC)CC. The molecular formula is C30H56O7. The van der Waals surface area contributed by atoms with Crippen LogP contribution in [0.5, 0.6) is 0 Å². The van der Waals surface area contributed by atoms with Crippen molar-refractivity contribution < 1.29 is 34.8 Å². The van der Waals surface area contributed by atoms with Crippen LogP contribution in [0, 0.1) is 46.8 Å². The fourth-order valence-electron chi connectivity index (χ4n) is 7.12. The van der Waals surface area contributed by atoms with Gasteiger partial charge in [-0.1, -0.05) is 101 Å². The van der Waals surface area contributed by atoms with Crippen LogP contribution in [-0.4, -0.2) is 43.9 Å². The minimum absolute atomic E-state index is 0.136. The Hall–Kier alpha value is -1.63. The number of carboxylic acid groups (broad SMARTS) is 3. The van der Waals surface area contributed by atoms with Crippen molar-refractivity contribution in [1.29, 1.82) is 0 Å². The Morgan fingerprint density at radius 3 is 1.16 bits per heavy atom. The highest BCUT2D eigenvalue weighted by molar-refractivity contribution is 5.94. The summed E-state index contributed by atoms with van der Waals surface area (Å²) in [6, 6.07) is 0. The van der Waals surface area contributed by atoms with Crippen molar-refractivity contribution in [2.75, 3.05) is 0 Å². The third kappa shape index (κ3) is 7.48. The number of hydrogen-bond donors (Lipinski definition) is 4. The second-order valence-electron chi connectivity index (χ2n) is 11.6. The summed E-state index contributed by atoms with van der Waals surface area (Å²) >= 11 is 0. The van der Waals surface area contributed by atoms with Crippen LogP contribution in [0.3, 0.4) is 0 Å². The maximum atomic E-state index is 13.4. The van der Waals surface area contributed by atoms with Gasteiger partial charge in [0.25, 0.3) is 0 Å². The van der Waals surface area contributed by atoms with Crippen molar-refractivity contribution in [2.45, 2.75) is 126 Å². The van der Waals surface area contributed by atoms with Crippen LogP contribution in [0.2, 0.25) is 0 Å². The van der Waals surface area contributed by atoms with Gasteiger partial charge < -0.3 is 20.4 Å². The van der Waals surface area contributed by atoms with E-state index in [1.165, 1.54) is 0 Å². The van der Waals surface area contributed by atoms with Crippen molar-refractivity contribution in [3.63, 3.8) is 0 Å². The predicted molar refractivity (Wildman–Crippen MR) is 147 cm³/mol. The van der Waals surface area contributed by atoms with Gasteiger partial charge in [0.1, 0.15) is 5.41 Å². The van der Waals surface area contributed by atoms with E-state index in [-0.39, 0.29) is 17.8 Å². The van der Waals surface area contributed by atoms with Crippen LogP contribution in [0.15, 0.2) is 0 Å². The molecule has 0 fully saturated rings. The molecule has 0 spiro atoms. The van der Waals surface area contributed by atoms with Gasteiger partial charge in [0.15, 0.2) is 5.60 Å². The zero-order valence-corrected chi connectivity index (χ0v) is 24.9. The number of aliphatic hydroxyl groups is 1. The lowest BCUT2D eigenvalue weighted by molar-refractivity contribution is -0.227. The van der Waals surface area contributed by atoms with E-state index in [1.807, 2.05) is 41.5 Å². The Kier molecular flexibility index (Phi) is 15.0. The highest BCUT2D eigenvalue weighted by Crippen LogP contribution is 2.55. The molecule has 0 saturated carbocycles. The van der Waals surface area contributed by atoms with E-state index >= 15 is 0 Å². The van der Waals surface area contributed by atoms with Gasteiger partial charge in [-0.25, -0.2) is 4.79 Å². The zero-order chi connectivity index (χ0) is 29.1. The smallest absolute Gasteiger partial charge is 0.337 e. The van der Waals surface area contributed by atoms with Gasteiger partial charge in [0.2, 0.25) is 0 Å². The van der Waals surface area contributed by atoms with Gasteiger partial charge in [0, 0.05) is 0 Å². The first-order chi connectivity index (χ1) is 17.2. The van der Waals surface area contributed by atoms with Crippen LogP contribution in [0.4, 0.5) is 0 Å². The summed E-state index contributed by atoms with van der Waals surface area (Å²) in [7, 11) is 0. The number of carbonyl (C=O) groups is 3. The average Bonchev–Trinajstić information content (AvgIpc) is 2.83. The third-order valence-corrected chi connectivity index (χ3v) is 9.69. The molecule has 0 amide bonds. The molecule has 37 heavy (non-hydrogen) atoms. The van der Waals surface area contributed by atoms with Crippen molar-refractivity contribution in [3.8, 4) is 0 Å². The molecule has 0 bridgehead atoms. The topological polar surface area (TPSA) is 132 Å². The summed E-state index contributed by atoms with van der Waals surface area (Å²) in [5, 5.41) is 44.3. The molecule has 0 heterocycles. The molecule has 0 aliphatic rings. The summed E-state index contributed by atoms with van der Waals surface area (Å²) < 4.78 is 0. The highest BCUT2D eigenvalue weighted by atomic mass is 16.4. The molecule has 0 saturated heterocycles. The van der Waals surface area contributed by atoms with Crippen molar-refractivity contribution in [2.24, 2.45) is 46.8 Å². The van der Waals surface area contributed by atoms with Gasteiger partial charge in [-0.2, -0.15) is 0 Å². The molecule has 7 nitrogen and oxygen atoms in total. The third-order valence-electron chi connectivity index (χ3n) is 9.69. The standard InChI is InChI=1S/C30H56O7/c1-10-22(11-2)16-19(7)25(26(31)32)30(37,28(35)36)29(27(33)34,20(8)17-23(12-3)13-4)21(9)18-24(14-5)15-6/h19-25,37H,10-18H2,1-9H3,(H,31,32)(H,33,34)(H,35,36). The minimum atomic E-state index is -2.99. The lowest BCUT2D eigenvalue weighted by atomic mass is 9.50. The lowest BCUT2D eigenvalue weighted by Crippen LogP contribution is -2.70. The molecule has 0 rings (SSSR count). The van der Waals surface area contributed by atoms with Gasteiger partial charge in [-0.15, -0.1) is 0 Å². The van der Waals surface area contributed by atoms with E-state index in [0.29, 0.717) is 19.3 Å². The summed E-state index contributed by atoms with van der Waals surface area (Å²) in [5.41, 5.74) is -5.18. The number of aliphatic carboxylic acids is 3. The van der Waals surface area contributed by atoms with Crippen LogP contribution < -0.4 is 0 Å². The monoisotopic (exact) mass is 528 g/mol. The number of hydrogen-bond acceptors (Lipinski definition) is 4. The van der Waals surface area contributed by atoms with Gasteiger partial charge in [0.05, 0.1) is 5.92 Å². The van der Waals surface area contributed by atoms with Crippen LogP contribution in [0.1, 0.15) is 120 Å². The molecule has 7 heteroatoms. The molecule has 0 radical (unpaired) electrons. The van der Waals surface area contributed by atoms with E-state index in [4.69, 9.17) is 0 Å². The van der Waals surface area contributed by atoms with Crippen molar-refractivity contribution in [3.05, 3.63) is 0 Å². The molecule has 0 aromatic rings. The summed E-state index contributed by atoms with van der Waals surface area (Å²) in [4.78, 5) is 39.4. The quantitative estimate of drug-likeness (QED) is 0.134. The molecule has 0 aromatic carbocycles. The first kappa shape index (κ1) is 35.4. The molecule has 5 unspecified atom stereocenters. The van der Waals surface area contributed by atoms with Gasteiger partial charge in [-0.3, -0.25) is 9.59 Å². The predicted octanol–water partition coefficient (Wildman–Crippen LogP) is 6.96. The van der Waals surface area contributed by atoms with Gasteiger partial charge >= 0.3 is 17.9 Å². The summed E-state index contributed by atoms with van der Waals surface area (Å²) in [6.07, 6.45) is 5.93. The van der Waals surface area contributed by atoms with E-state index in [2.05, 4.69) is 0 Å². The first-order valence-electron chi connectivity index (χ1n) is 14.6. The Bertz CT molecular complexity index is 689. The Balaban J connectivity index is 7.42. The largest absolute Gasteiger partial charge is 0.481 e. The second-order valence-corrected chi connectivity index (χ2v) is 11.6. The van der Waals surface area contributed by atoms with Crippen LogP contribution in [0.25, 0.3) is 0 Å². The maximum Gasteiger partial charge on any atom is 0.337 e. The van der Waals surface area contributed by atoms with E-state index < -0.39 is 52.6 Å². The molecule has 5 atom stereocenters. The van der Waals surface area contributed by atoms with Crippen LogP contribution in [-0.2, 0) is 14.4 Å². The molecule has 218 valence electrons. The number of carboxylic acids is 3. The molecular weight excluding hydrogens is 472 g/mol. The van der Waals surface area contributed by atoms with E-state index in [1.54, 1.807) is 20.8 Å². The Morgan fingerprint density at radius 1 is 0.595 bits per heavy atom. The average molecular weight is 529 g/mol. The molecule has 0 aliphatic heterocycles. The summed E-state index contributed by atoms with van der Waals surface area (Å²) in [5.74, 6) is -8.24. The first-order valence-corrected chi connectivity index (χ1v) is 14.6. The maximum absolute atomic E-state index is 13.4. The molecule has 4 N–H and O–H groups in total. The van der Waals surface area contributed by atoms with Crippen LogP contribution >= 0.6 is 0 Å². The summed E-state index contributed by atoms with van der Waals surface area (Å²) in [6.45, 7) is 17.1. The fourth-order valence-corrected chi connectivity index (χ4v) is 7.12. The Morgan fingerprint density at radius 2 is 0.919 bits per heavy atom. The fraction of sp³-hybridized carbons (Fsp3) is 0.900. The van der Waals surface area contributed by atoms with E-state index in [0.717, 1.165) is 38.5 Å². The normalized spacial score (nSPS) is 18.7. The Labute approximate surface area is 225 Å². The van der Waals surface area contributed by atoms with Crippen molar-refractivity contribution in [1.82, 2.24) is 0 Å².